The number of rotatable bonds is 4. The van der Waals surface area contributed by atoms with Gasteiger partial charge in [-0.15, -0.1) is 0 Å². The molecule has 0 aliphatic carbocycles. The molecular weight excluding hydrogens is 264 g/mol. The molecule has 3 N–H and O–H groups in total. The second-order valence-corrected chi connectivity index (χ2v) is 4.94. The molecule has 0 atom stereocenters. The van der Waals surface area contributed by atoms with Gasteiger partial charge >= 0.3 is 0 Å². The fourth-order valence-corrected chi connectivity index (χ4v) is 2.71. The van der Waals surface area contributed by atoms with Crippen LogP contribution in [0.1, 0.15) is 12.0 Å². The predicted octanol–water partition coefficient (Wildman–Crippen LogP) is 2.01. The van der Waals surface area contributed by atoms with Gasteiger partial charge in [-0.3, -0.25) is 10.3 Å². The van der Waals surface area contributed by atoms with Gasteiger partial charge in [0.15, 0.2) is 0 Å². The lowest BCUT2D eigenvalue weighted by molar-refractivity contribution is 0.554. The van der Waals surface area contributed by atoms with Gasteiger partial charge in [-0.1, -0.05) is 0 Å². The van der Waals surface area contributed by atoms with E-state index in [4.69, 9.17) is 5.41 Å². The molecule has 1 aliphatic rings. The van der Waals surface area contributed by atoms with Crippen LogP contribution >= 0.6 is 0 Å². The quantitative estimate of drug-likeness (QED) is 0.750. The van der Waals surface area contributed by atoms with Gasteiger partial charge in [0.1, 0.15) is 5.65 Å². The summed E-state index contributed by atoms with van der Waals surface area (Å²) in [5.41, 5.74) is 3.60. The lowest BCUT2D eigenvalue weighted by Gasteiger charge is -2.30. The number of H-pyrrole nitrogens is 1. The molecule has 0 bridgehead atoms. The number of aromatic amines is 1. The van der Waals surface area contributed by atoms with Crippen molar-refractivity contribution in [3.05, 3.63) is 30.2 Å². The number of hydrogen-bond acceptors (Lipinski definition) is 5. The first-order chi connectivity index (χ1) is 10.3. The van der Waals surface area contributed by atoms with Gasteiger partial charge in [0.2, 0.25) is 0 Å². The summed E-state index contributed by atoms with van der Waals surface area (Å²) in [6, 6.07) is 2.02. The van der Waals surface area contributed by atoms with Crippen molar-refractivity contribution in [1.82, 2.24) is 15.3 Å². The van der Waals surface area contributed by atoms with E-state index in [1.165, 1.54) is 6.21 Å². The zero-order valence-corrected chi connectivity index (χ0v) is 11.8. The molecular formula is C15H18N6. The number of aromatic nitrogens is 2. The Morgan fingerprint density at radius 2 is 2.43 bits per heavy atom. The lowest BCUT2D eigenvalue weighted by Crippen LogP contribution is -2.41. The first-order valence-electron chi connectivity index (χ1n) is 6.93. The van der Waals surface area contributed by atoms with E-state index < -0.39 is 0 Å². The molecule has 0 amide bonds. The van der Waals surface area contributed by atoms with E-state index in [2.05, 4.69) is 31.9 Å². The topological polar surface area (TPSA) is 80.2 Å². The number of hydrogen-bond donors (Lipinski definition) is 3. The summed E-state index contributed by atoms with van der Waals surface area (Å²) in [6.07, 6.45) is 7.70. The van der Waals surface area contributed by atoms with E-state index >= 15 is 0 Å². The normalized spacial score (nSPS) is 16.2. The van der Waals surface area contributed by atoms with Crippen LogP contribution in [0.25, 0.3) is 16.6 Å². The van der Waals surface area contributed by atoms with Crippen LogP contribution in [0.15, 0.2) is 29.7 Å². The summed E-state index contributed by atoms with van der Waals surface area (Å²) in [5.74, 6) is 0. The van der Waals surface area contributed by atoms with Crippen LogP contribution < -0.4 is 10.2 Å². The van der Waals surface area contributed by atoms with E-state index in [0.717, 1.165) is 54.0 Å². The Morgan fingerprint density at radius 1 is 1.52 bits per heavy atom. The van der Waals surface area contributed by atoms with E-state index in [1.807, 2.05) is 18.5 Å². The maximum absolute atomic E-state index is 7.59. The molecule has 0 spiro atoms. The van der Waals surface area contributed by atoms with Gasteiger partial charge in [0.25, 0.3) is 0 Å². The Balaban J connectivity index is 2.16. The van der Waals surface area contributed by atoms with Gasteiger partial charge in [0, 0.05) is 42.5 Å². The van der Waals surface area contributed by atoms with E-state index in [1.54, 1.807) is 6.20 Å². The fourth-order valence-electron chi connectivity index (χ4n) is 2.71. The number of anilines is 1. The molecule has 0 saturated carbocycles. The molecule has 6 heteroatoms. The number of nitrogens with zero attached hydrogens (tertiary/aromatic N) is 3. The molecule has 3 heterocycles. The molecule has 108 valence electrons. The molecule has 1 fully saturated rings. The third-order valence-corrected chi connectivity index (χ3v) is 3.67. The SMILES string of the molecule is C=N/C=C(\C=N)c1c[nH]c2nccc(N3CCCNC3)c12. The van der Waals surface area contributed by atoms with Crippen LogP contribution in [0.4, 0.5) is 5.69 Å². The fraction of sp³-hybridized carbons (Fsp3) is 0.267. The Bertz CT molecular complexity index is 693. The minimum Gasteiger partial charge on any atom is -0.358 e. The minimum atomic E-state index is 0.718. The first kappa shape index (κ1) is 13.5. The zero-order chi connectivity index (χ0) is 14.7. The third kappa shape index (κ3) is 2.45. The molecule has 0 radical (unpaired) electrons. The van der Waals surface area contributed by atoms with Crippen molar-refractivity contribution in [3.63, 3.8) is 0 Å². The van der Waals surface area contributed by atoms with Crippen LogP contribution in [0, 0.1) is 5.41 Å². The first-order valence-corrected chi connectivity index (χ1v) is 6.93. The zero-order valence-electron chi connectivity index (χ0n) is 11.8. The van der Waals surface area contributed by atoms with E-state index in [-0.39, 0.29) is 0 Å². The van der Waals surface area contributed by atoms with Crippen molar-refractivity contribution in [2.75, 3.05) is 24.7 Å². The van der Waals surface area contributed by atoms with Gasteiger partial charge in [-0.05, 0) is 25.7 Å². The number of nitrogens with one attached hydrogen (secondary N) is 3. The standard InChI is InChI=1S/C15H18N6/c1-17-8-11(7-16)12-9-20-15-14(12)13(3-5-19-15)21-6-2-4-18-10-21/h3,5,7-9,16,18H,1-2,4,6,10H2,(H,19,20)/b11-8+,16-7?. The summed E-state index contributed by atoms with van der Waals surface area (Å²) in [5, 5.41) is 12.0. The summed E-state index contributed by atoms with van der Waals surface area (Å²) >= 11 is 0. The Labute approximate surface area is 123 Å². The highest BCUT2D eigenvalue weighted by Gasteiger charge is 2.18. The summed E-state index contributed by atoms with van der Waals surface area (Å²) in [7, 11) is 0. The van der Waals surface area contributed by atoms with Gasteiger partial charge in [0.05, 0.1) is 17.7 Å². The summed E-state index contributed by atoms with van der Waals surface area (Å²) in [4.78, 5) is 13.6. The van der Waals surface area contributed by atoms with E-state index in [9.17, 15) is 0 Å². The van der Waals surface area contributed by atoms with Crippen molar-refractivity contribution < 1.29 is 0 Å². The van der Waals surface area contributed by atoms with Crippen molar-refractivity contribution >= 4 is 35.2 Å². The summed E-state index contributed by atoms with van der Waals surface area (Å²) in [6.45, 7) is 6.37. The lowest BCUT2D eigenvalue weighted by atomic mass is 10.1. The number of aliphatic imine (C=N–C) groups is 1. The maximum atomic E-state index is 7.59. The summed E-state index contributed by atoms with van der Waals surface area (Å²) < 4.78 is 0. The molecule has 1 saturated heterocycles. The Hall–Kier alpha value is -2.47. The van der Waals surface area contributed by atoms with Crippen molar-refractivity contribution in [2.45, 2.75) is 6.42 Å². The van der Waals surface area contributed by atoms with Gasteiger partial charge in [-0.25, -0.2) is 4.98 Å². The van der Waals surface area contributed by atoms with Crippen LogP contribution in [0.3, 0.4) is 0 Å². The number of pyridine rings is 1. The van der Waals surface area contributed by atoms with E-state index in [0.29, 0.717) is 0 Å². The minimum absolute atomic E-state index is 0.718. The molecule has 3 rings (SSSR count). The largest absolute Gasteiger partial charge is 0.358 e. The third-order valence-electron chi connectivity index (χ3n) is 3.67. The maximum Gasteiger partial charge on any atom is 0.139 e. The Morgan fingerprint density at radius 3 is 3.14 bits per heavy atom. The smallest absolute Gasteiger partial charge is 0.139 e. The molecule has 21 heavy (non-hydrogen) atoms. The number of allylic oxidation sites excluding steroid dienone is 1. The average molecular weight is 282 g/mol. The predicted molar refractivity (Wildman–Crippen MR) is 87.2 cm³/mol. The Kier molecular flexibility index (Phi) is 3.79. The molecule has 0 unspecified atom stereocenters. The van der Waals surface area contributed by atoms with Crippen LogP contribution in [0.2, 0.25) is 0 Å². The van der Waals surface area contributed by atoms with Gasteiger partial charge in [-0.2, -0.15) is 0 Å². The van der Waals surface area contributed by atoms with Crippen LogP contribution in [-0.4, -0.2) is 42.7 Å². The van der Waals surface area contributed by atoms with Crippen LogP contribution in [0.5, 0.6) is 0 Å². The van der Waals surface area contributed by atoms with Crippen molar-refractivity contribution in [1.29, 1.82) is 5.41 Å². The highest BCUT2D eigenvalue weighted by atomic mass is 15.2. The van der Waals surface area contributed by atoms with Crippen molar-refractivity contribution in [3.8, 4) is 0 Å². The average Bonchev–Trinajstić information content (AvgIpc) is 2.97. The second kappa shape index (κ2) is 5.88. The molecule has 1 aliphatic heterocycles. The number of fused-ring (bicyclic) bond motifs is 1. The van der Waals surface area contributed by atoms with Crippen molar-refractivity contribution in [2.24, 2.45) is 4.99 Å². The molecule has 2 aromatic rings. The van der Waals surface area contributed by atoms with Gasteiger partial charge < -0.3 is 15.3 Å². The molecule has 0 aromatic carbocycles. The monoisotopic (exact) mass is 282 g/mol. The van der Waals surface area contributed by atoms with Crippen LogP contribution in [-0.2, 0) is 0 Å². The second-order valence-electron chi connectivity index (χ2n) is 4.94. The highest BCUT2D eigenvalue weighted by Crippen LogP contribution is 2.32. The molecule has 2 aromatic heterocycles. The molecule has 6 nitrogen and oxygen atoms in total. The highest BCUT2D eigenvalue weighted by molar-refractivity contribution is 6.15.